The molecule has 0 radical (unpaired) electrons. The van der Waals surface area contributed by atoms with Gasteiger partial charge in [0.05, 0.1) is 19.1 Å². The van der Waals surface area contributed by atoms with Crippen LogP contribution >= 0.6 is 0 Å². The predicted octanol–water partition coefficient (Wildman–Crippen LogP) is 2.04. The molecule has 1 saturated heterocycles. The third kappa shape index (κ3) is 3.38. The Bertz CT molecular complexity index is 435. The summed E-state index contributed by atoms with van der Waals surface area (Å²) >= 11 is 0. The molecule has 0 spiro atoms. The Morgan fingerprint density at radius 3 is 2.70 bits per heavy atom. The number of hydrogen-bond donors (Lipinski definition) is 1. The highest BCUT2D eigenvalue weighted by Crippen LogP contribution is 2.23. The average molecular weight is 277 g/mol. The van der Waals surface area contributed by atoms with Crippen LogP contribution in [0, 0.1) is 5.92 Å². The van der Waals surface area contributed by atoms with Gasteiger partial charge in [-0.25, -0.2) is 0 Å². The molecule has 3 unspecified atom stereocenters. The summed E-state index contributed by atoms with van der Waals surface area (Å²) in [7, 11) is 2.02. The molecule has 0 amide bonds. The minimum atomic E-state index is -0.756. The van der Waals surface area contributed by atoms with Crippen molar-refractivity contribution < 1.29 is 14.6 Å². The van der Waals surface area contributed by atoms with Crippen LogP contribution < -0.4 is 0 Å². The van der Waals surface area contributed by atoms with Gasteiger partial charge in [-0.1, -0.05) is 37.3 Å². The van der Waals surface area contributed by atoms with Crippen LogP contribution in [0.4, 0.5) is 0 Å². The molecule has 1 aromatic carbocycles. The number of rotatable bonds is 6. The van der Waals surface area contributed by atoms with E-state index in [4.69, 9.17) is 4.74 Å². The highest BCUT2D eigenvalue weighted by Gasteiger charge is 2.38. The number of carboxylic acid groups (broad SMARTS) is 1. The molecule has 0 bridgehead atoms. The Morgan fingerprint density at radius 1 is 1.40 bits per heavy atom. The molecule has 3 atom stereocenters. The van der Waals surface area contributed by atoms with Gasteiger partial charge < -0.3 is 9.84 Å². The van der Waals surface area contributed by atoms with Crippen LogP contribution in [-0.4, -0.2) is 48.3 Å². The summed E-state index contributed by atoms with van der Waals surface area (Å²) in [6.07, 6.45) is 1.94. The fourth-order valence-electron chi connectivity index (χ4n) is 2.91. The van der Waals surface area contributed by atoms with Crippen molar-refractivity contribution in [3.05, 3.63) is 35.9 Å². The van der Waals surface area contributed by atoms with Gasteiger partial charge in [0, 0.05) is 12.1 Å². The summed E-state index contributed by atoms with van der Waals surface area (Å²) < 4.78 is 5.37. The quantitative estimate of drug-likeness (QED) is 0.864. The first-order chi connectivity index (χ1) is 9.63. The first-order valence-electron chi connectivity index (χ1n) is 7.20. The normalized spacial score (nSPS) is 23.9. The number of benzene rings is 1. The van der Waals surface area contributed by atoms with Crippen molar-refractivity contribution in [3.63, 3.8) is 0 Å². The van der Waals surface area contributed by atoms with Crippen LogP contribution in [0.25, 0.3) is 0 Å². The van der Waals surface area contributed by atoms with E-state index in [2.05, 4.69) is 24.0 Å². The summed E-state index contributed by atoms with van der Waals surface area (Å²) in [5.41, 5.74) is 1.29. The van der Waals surface area contributed by atoms with Crippen molar-refractivity contribution in [3.8, 4) is 0 Å². The Kier molecular flexibility index (Phi) is 5.15. The topological polar surface area (TPSA) is 49.8 Å². The monoisotopic (exact) mass is 277 g/mol. The van der Waals surface area contributed by atoms with Crippen molar-refractivity contribution in [2.24, 2.45) is 5.92 Å². The Morgan fingerprint density at radius 2 is 2.10 bits per heavy atom. The summed E-state index contributed by atoms with van der Waals surface area (Å²) in [6.45, 7) is 2.99. The predicted molar refractivity (Wildman–Crippen MR) is 77.7 cm³/mol. The zero-order chi connectivity index (χ0) is 14.5. The van der Waals surface area contributed by atoms with Crippen molar-refractivity contribution in [1.82, 2.24) is 4.90 Å². The number of carboxylic acids is 1. The molecule has 4 nitrogen and oxygen atoms in total. The maximum Gasteiger partial charge on any atom is 0.310 e. The smallest absolute Gasteiger partial charge is 0.310 e. The second-order valence-electron chi connectivity index (χ2n) is 5.47. The van der Waals surface area contributed by atoms with Crippen LogP contribution in [0.1, 0.15) is 18.9 Å². The number of likely N-dealkylation sites (N-methyl/N-ethyl adjacent to an activating group) is 1. The minimum absolute atomic E-state index is 0.0267. The SMILES string of the molecule is CCC(Cc1ccccc1)N(C)C1COCC1C(=O)O. The van der Waals surface area contributed by atoms with Gasteiger partial charge in [0.25, 0.3) is 0 Å². The molecule has 0 saturated carbocycles. The maximum absolute atomic E-state index is 11.3. The first kappa shape index (κ1) is 15.0. The van der Waals surface area contributed by atoms with Crippen molar-refractivity contribution >= 4 is 5.97 Å². The third-order valence-electron chi connectivity index (χ3n) is 4.25. The van der Waals surface area contributed by atoms with Gasteiger partial charge in [0.2, 0.25) is 0 Å². The molecule has 0 aliphatic carbocycles. The van der Waals surface area contributed by atoms with E-state index in [-0.39, 0.29) is 6.04 Å². The Hall–Kier alpha value is -1.39. The van der Waals surface area contributed by atoms with E-state index in [9.17, 15) is 9.90 Å². The van der Waals surface area contributed by atoms with E-state index in [1.165, 1.54) is 5.56 Å². The van der Waals surface area contributed by atoms with Crippen molar-refractivity contribution in [2.75, 3.05) is 20.3 Å². The average Bonchev–Trinajstić information content (AvgIpc) is 2.94. The molecule has 1 heterocycles. The third-order valence-corrected chi connectivity index (χ3v) is 4.25. The maximum atomic E-state index is 11.3. The number of nitrogens with zero attached hydrogens (tertiary/aromatic N) is 1. The van der Waals surface area contributed by atoms with Crippen molar-refractivity contribution in [1.29, 1.82) is 0 Å². The minimum Gasteiger partial charge on any atom is -0.481 e. The second kappa shape index (κ2) is 6.86. The van der Waals surface area contributed by atoms with Gasteiger partial charge in [0.15, 0.2) is 0 Å². The highest BCUT2D eigenvalue weighted by molar-refractivity contribution is 5.71. The van der Waals surface area contributed by atoms with Crippen LogP contribution in [0.5, 0.6) is 0 Å². The molecule has 110 valence electrons. The summed E-state index contributed by atoms with van der Waals surface area (Å²) in [5.74, 6) is -1.17. The van der Waals surface area contributed by atoms with Gasteiger partial charge in [-0.2, -0.15) is 0 Å². The lowest BCUT2D eigenvalue weighted by Crippen LogP contribution is -2.46. The van der Waals surface area contributed by atoms with E-state index in [1.54, 1.807) is 0 Å². The van der Waals surface area contributed by atoms with Crippen molar-refractivity contribution in [2.45, 2.75) is 31.8 Å². The van der Waals surface area contributed by atoms with Crippen LogP contribution in [0.15, 0.2) is 30.3 Å². The molecule has 1 aliphatic rings. The fraction of sp³-hybridized carbons (Fsp3) is 0.562. The van der Waals surface area contributed by atoms with Gasteiger partial charge in [-0.3, -0.25) is 9.69 Å². The zero-order valence-electron chi connectivity index (χ0n) is 12.2. The second-order valence-corrected chi connectivity index (χ2v) is 5.47. The van der Waals surface area contributed by atoms with E-state index in [0.717, 1.165) is 12.8 Å². The molecule has 2 rings (SSSR count). The largest absolute Gasteiger partial charge is 0.481 e. The van der Waals surface area contributed by atoms with Gasteiger partial charge >= 0.3 is 5.97 Å². The van der Waals surface area contributed by atoms with Crippen LogP contribution in [0.2, 0.25) is 0 Å². The molecular formula is C16H23NO3. The first-order valence-corrected chi connectivity index (χ1v) is 7.20. The molecule has 1 N–H and O–H groups in total. The fourth-order valence-corrected chi connectivity index (χ4v) is 2.91. The molecule has 0 aromatic heterocycles. The van der Waals surface area contributed by atoms with E-state index in [1.807, 2.05) is 25.2 Å². The highest BCUT2D eigenvalue weighted by atomic mass is 16.5. The number of hydrogen-bond acceptors (Lipinski definition) is 3. The van der Waals surface area contributed by atoms with Gasteiger partial charge in [-0.05, 0) is 25.5 Å². The molecule has 20 heavy (non-hydrogen) atoms. The lowest BCUT2D eigenvalue weighted by Gasteiger charge is -2.33. The molecule has 4 heteroatoms. The molecule has 1 aliphatic heterocycles. The number of aliphatic carboxylic acids is 1. The molecular weight excluding hydrogens is 254 g/mol. The van der Waals surface area contributed by atoms with Gasteiger partial charge in [0.1, 0.15) is 0 Å². The number of ether oxygens (including phenoxy) is 1. The number of carbonyl (C=O) groups is 1. The van der Waals surface area contributed by atoms with Crippen LogP contribution in [0.3, 0.4) is 0 Å². The Labute approximate surface area is 120 Å². The molecule has 1 aromatic rings. The lowest BCUT2D eigenvalue weighted by molar-refractivity contribution is -0.143. The van der Waals surface area contributed by atoms with E-state index in [0.29, 0.717) is 19.3 Å². The summed E-state index contributed by atoms with van der Waals surface area (Å²) in [4.78, 5) is 13.5. The van der Waals surface area contributed by atoms with E-state index < -0.39 is 11.9 Å². The summed E-state index contributed by atoms with van der Waals surface area (Å²) in [5, 5.41) is 9.27. The van der Waals surface area contributed by atoms with Crippen LogP contribution in [-0.2, 0) is 16.0 Å². The Balaban J connectivity index is 2.05. The standard InChI is InChI=1S/C16H23NO3/c1-3-13(9-12-7-5-4-6-8-12)17(2)15-11-20-10-14(15)16(18)19/h4-8,13-15H,3,9-11H2,1-2H3,(H,18,19). The molecule has 1 fully saturated rings. The van der Waals surface area contributed by atoms with Gasteiger partial charge in [-0.15, -0.1) is 0 Å². The zero-order valence-corrected chi connectivity index (χ0v) is 12.2. The van der Waals surface area contributed by atoms with E-state index >= 15 is 0 Å². The summed E-state index contributed by atoms with van der Waals surface area (Å²) in [6, 6.07) is 10.7. The lowest BCUT2D eigenvalue weighted by atomic mass is 9.97.